The van der Waals surface area contributed by atoms with Crippen molar-refractivity contribution in [2.75, 3.05) is 39.3 Å². The van der Waals surface area contributed by atoms with Gasteiger partial charge in [-0.3, -0.25) is 57.5 Å². The number of ether oxygens (including phenoxy) is 1. The maximum atomic E-state index is 14.5. The van der Waals surface area contributed by atoms with Crippen molar-refractivity contribution in [1.82, 2.24) is 58.5 Å². The summed E-state index contributed by atoms with van der Waals surface area (Å²) in [5.74, 6) is -11.5. The number of carbonyl (C=O) groups is 12. The number of hydrogen-bond acceptors (Lipinski definition) is 20. The number of esters is 1. The highest BCUT2D eigenvalue weighted by molar-refractivity contribution is 5.99. The molecule has 1 saturated heterocycles. The van der Waals surface area contributed by atoms with Gasteiger partial charge in [-0.05, 0) is 116 Å². The number of benzene rings is 1. The fourth-order valence-electron chi connectivity index (χ4n) is 8.91. The summed E-state index contributed by atoms with van der Waals surface area (Å²) in [6.45, 7) is 9.50. The van der Waals surface area contributed by atoms with E-state index in [4.69, 9.17) is 33.4 Å². The van der Waals surface area contributed by atoms with Gasteiger partial charge in [-0.15, -0.1) is 0 Å². The van der Waals surface area contributed by atoms with E-state index in [1.165, 1.54) is 13.8 Å². The molecule has 0 aliphatic carbocycles. The predicted octanol–water partition coefficient (Wildman–Crippen LogP) is -6.48. The Bertz CT molecular complexity index is 2440. The van der Waals surface area contributed by atoms with Crippen LogP contribution in [0.25, 0.3) is 0 Å². The zero-order chi connectivity index (χ0) is 65.5. The van der Waals surface area contributed by atoms with Crippen molar-refractivity contribution < 1.29 is 72.5 Å². The van der Waals surface area contributed by atoms with Crippen LogP contribution in [0.2, 0.25) is 0 Å². The van der Waals surface area contributed by atoms with E-state index < -0.39 is 169 Å². The van der Waals surface area contributed by atoms with Crippen molar-refractivity contribution >= 4 is 70.9 Å². The van der Waals surface area contributed by atoms with Gasteiger partial charge in [-0.25, -0.2) is 0 Å². The second-order valence-electron chi connectivity index (χ2n) is 22.0. The van der Waals surface area contributed by atoms with Crippen LogP contribution >= 0.6 is 0 Å². The average molecular weight is 1230 g/mol. The second-order valence-corrected chi connectivity index (χ2v) is 22.0. The maximum absolute atomic E-state index is 14.5. The van der Waals surface area contributed by atoms with Gasteiger partial charge in [-0.2, -0.15) is 0 Å². The summed E-state index contributed by atoms with van der Waals surface area (Å²) >= 11 is 0. The first-order chi connectivity index (χ1) is 41.1. The van der Waals surface area contributed by atoms with E-state index in [2.05, 4.69) is 58.5 Å². The van der Waals surface area contributed by atoms with Crippen molar-refractivity contribution in [3.63, 3.8) is 0 Å². The summed E-state index contributed by atoms with van der Waals surface area (Å²) in [5, 5.41) is 49.3. The van der Waals surface area contributed by atoms with Crippen LogP contribution in [-0.2, 0) is 68.7 Å². The molecule has 0 saturated carbocycles. The molecule has 490 valence electrons. The second kappa shape index (κ2) is 39.4. The number of nitrogens with two attached hydrogens (primary N) is 5. The molecule has 31 heteroatoms. The molecule has 1 heterocycles. The van der Waals surface area contributed by atoms with E-state index in [9.17, 15) is 67.7 Å². The summed E-state index contributed by atoms with van der Waals surface area (Å²) in [5.41, 5.74) is 29.9. The maximum Gasteiger partial charge on any atom is 0.308 e. The van der Waals surface area contributed by atoms with Crippen molar-refractivity contribution in [2.24, 2.45) is 40.5 Å². The first-order valence-electron chi connectivity index (χ1n) is 29.6. The molecule has 0 bridgehead atoms. The molecule has 4 unspecified atom stereocenters. The number of hydrogen-bond donors (Lipinski definition) is 18. The fourth-order valence-corrected chi connectivity index (χ4v) is 8.91. The minimum Gasteiger partial charge on any atom is -0.462 e. The Balaban J connectivity index is 2.68. The van der Waals surface area contributed by atoms with Crippen LogP contribution in [0.1, 0.15) is 112 Å². The summed E-state index contributed by atoms with van der Waals surface area (Å²) in [7, 11) is 0. The van der Waals surface area contributed by atoms with Gasteiger partial charge in [0.1, 0.15) is 66.5 Å². The molecule has 1 aliphatic heterocycles. The van der Waals surface area contributed by atoms with Gasteiger partial charge in [-0.1, -0.05) is 58.0 Å². The molecule has 1 aromatic carbocycles. The van der Waals surface area contributed by atoms with Crippen LogP contribution in [0, 0.1) is 11.8 Å². The van der Waals surface area contributed by atoms with E-state index in [0.29, 0.717) is 12.0 Å². The molecule has 31 nitrogen and oxygen atoms in total. The van der Waals surface area contributed by atoms with Crippen LogP contribution in [-0.4, -0.2) is 199 Å². The van der Waals surface area contributed by atoms with E-state index in [-0.39, 0.29) is 90.0 Å². The third kappa shape index (κ3) is 26.6. The van der Waals surface area contributed by atoms with Crippen LogP contribution in [0.15, 0.2) is 30.3 Å². The Hall–Kier alpha value is -7.42. The van der Waals surface area contributed by atoms with E-state index >= 15 is 0 Å². The SMILES string of the molecule is CCC(C)C(=O)OC(C)CC(=O)N[C@@H](CCN)C(=O)N[C@H](C(=O)N[C@@H](CCN)C(=O)N[C@H]1CCNC(=O)[C@H](C(C)O)NC(=O)[C@H](CCN)NC(=O)[C@H](CCN)NC(=O)[C@H](CC(C)C)NC(=O)[C@@H](Cc2ccccc2)NC(=O)[C@H](CCN)NC1=O)C(C)O. The predicted molar refractivity (Wildman–Crippen MR) is 318 cm³/mol. The number of nitrogens with one attached hydrogen (secondary N) is 11. The van der Waals surface area contributed by atoms with Crippen molar-refractivity contribution in [3.05, 3.63) is 35.9 Å². The van der Waals surface area contributed by atoms with Gasteiger partial charge >= 0.3 is 5.97 Å². The minimum atomic E-state index is -1.78. The Labute approximate surface area is 507 Å². The lowest BCUT2D eigenvalue weighted by Gasteiger charge is -2.29. The van der Waals surface area contributed by atoms with Gasteiger partial charge in [0.15, 0.2) is 0 Å². The summed E-state index contributed by atoms with van der Waals surface area (Å²) < 4.78 is 5.33. The third-order valence-corrected chi connectivity index (χ3v) is 14.0. The highest BCUT2D eigenvalue weighted by Crippen LogP contribution is 2.13. The number of rotatable bonds is 28. The summed E-state index contributed by atoms with van der Waals surface area (Å²) in [6.07, 6.45) is -5.52. The first-order valence-corrected chi connectivity index (χ1v) is 29.6. The average Bonchev–Trinajstić information content (AvgIpc) is 3.08. The number of amides is 11. The number of carbonyl (C=O) groups excluding carboxylic acids is 12. The Morgan fingerprint density at radius 2 is 1.07 bits per heavy atom. The Morgan fingerprint density at radius 3 is 1.56 bits per heavy atom. The minimum absolute atomic E-state index is 0.0337. The highest BCUT2D eigenvalue weighted by atomic mass is 16.5. The fraction of sp³-hybridized carbons (Fsp3) is 0.679. The largest absolute Gasteiger partial charge is 0.462 e. The summed E-state index contributed by atoms with van der Waals surface area (Å²) in [6, 6.07) is -6.70. The topological polar surface area (TPSA) is 517 Å². The van der Waals surface area contributed by atoms with Gasteiger partial charge < -0.3 is 102 Å². The molecule has 1 fully saturated rings. The molecule has 11 amide bonds. The molecule has 23 N–H and O–H groups in total. The lowest BCUT2D eigenvalue weighted by molar-refractivity contribution is -0.154. The highest BCUT2D eigenvalue weighted by Gasteiger charge is 2.38. The van der Waals surface area contributed by atoms with E-state index in [0.717, 1.165) is 6.92 Å². The molecule has 87 heavy (non-hydrogen) atoms. The monoisotopic (exact) mass is 1230 g/mol. The van der Waals surface area contributed by atoms with E-state index in [1.807, 2.05) is 0 Å². The molecular formula is C56H96N16O15. The lowest BCUT2D eigenvalue weighted by Crippen LogP contribution is -2.62. The van der Waals surface area contributed by atoms with E-state index in [1.54, 1.807) is 58.0 Å². The first kappa shape index (κ1) is 75.7. The van der Waals surface area contributed by atoms with Crippen LogP contribution in [0.5, 0.6) is 0 Å². The summed E-state index contributed by atoms with van der Waals surface area (Å²) in [4.78, 5) is 166. The zero-order valence-electron chi connectivity index (χ0n) is 50.9. The molecule has 0 aromatic heterocycles. The van der Waals surface area contributed by atoms with Gasteiger partial charge in [0.25, 0.3) is 0 Å². The van der Waals surface area contributed by atoms with Gasteiger partial charge in [0.05, 0.1) is 24.5 Å². The lowest BCUT2D eigenvalue weighted by atomic mass is 10.00. The smallest absolute Gasteiger partial charge is 0.308 e. The third-order valence-electron chi connectivity index (χ3n) is 14.0. The van der Waals surface area contributed by atoms with Gasteiger partial charge in [0.2, 0.25) is 65.0 Å². The van der Waals surface area contributed by atoms with Crippen molar-refractivity contribution in [1.29, 1.82) is 0 Å². The van der Waals surface area contributed by atoms with Gasteiger partial charge in [0, 0.05) is 13.0 Å². The zero-order valence-corrected chi connectivity index (χ0v) is 50.9. The molecule has 0 radical (unpaired) electrons. The molecule has 1 aliphatic rings. The number of aliphatic hydroxyl groups excluding tert-OH is 2. The number of aliphatic hydroxyl groups is 2. The normalized spacial score (nSPS) is 22.9. The molecule has 1 aromatic rings. The molecule has 0 spiro atoms. The molecular weight excluding hydrogens is 1140 g/mol. The van der Waals surface area contributed by atoms with Crippen LogP contribution in [0.4, 0.5) is 0 Å². The molecule has 2 rings (SSSR count). The quantitative estimate of drug-likeness (QED) is 0.0347. The van der Waals surface area contributed by atoms with Crippen LogP contribution < -0.4 is 87.2 Å². The Kier molecular flexibility index (Phi) is 34.3. The van der Waals surface area contributed by atoms with Crippen molar-refractivity contribution in [3.8, 4) is 0 Å². The van der Waals surface area contributed by atoms with Crippen molar-refractivity contribution in [2.45, 2.75) is 191 Å². The van der Waals surface area contributed by atoms with Crippen LogP contribution in [0.3, 0.4) is 0 Å². The standard InChI is InChI=1S/C56H96N16O15/c1-8-30(4)56(86)87-31(5)27-43(75)63-35(14-20-57)50(80)72-45(33(7)74)55(85)68-38(17-23-60)47(77)67-40-19-25-62-54(84)44(32(6)73)71-51(81)39(18-24-61)65-46(76)36(15-21-58)66-52(82)41(26-29(2)3)69-53(83)42(28-34-12-10-9-11-13-34)70-48(78)37(16-22-59)64-49(40)79/h9-13,29-33,35-42,44-45,73-74H,8,14-28,57-61H2,1-7H3,(H,62,84)(H,63,75)(H,64,79)(H,65,76)(H,66,82)(H,67,77)(H,68,85)(H,69,83)(H,70,78)(H,71,81)(H,72,80)/t30?,31?,32?,33?,35-,36-,37-,38-,39-,40-,41-,42+,44-,45-/m0/s1. The Morgan fingerprint density at radius 1 is 0.586 bits per heavy atom. The molecule has 14 atom stereocenters.